The van der Waals surface area contributed by atoms with Gasteiger partial charge in [0.2, 0.25) is 0 Å². The molecular weight excluding hydrogens is 469 g/mol. The third-order valence-electron chi connectivity index (χ3n) is 4.81. The minimum Gasteiger partial charge on any atom is -0.497 e. The first kappa shape index (κ1) is 25.7. The van der Waals surface area contributed by atoms with Gasteiger partial charge in [-0.05, 0) is 30.3 Å². The Balaban J connectivity index is 1.88. The average molecular weight is 492 g/mol. The Bertz CT molecular complexity index is 1290. The summed E-state index contributed by atoms with van der Waals surface area (Å²) in [5.74, 6) is -0.617. The monoisotopic (exact) mass is 492 g/mol. The summed E-state index contributed by atoms with van der Waals surface area (Å²) in [7, 11) is 1.30. The van der Waals surface area contributed by atoms with Crippen molar-refractivity contribution < 1.29 is 41.3 Å². The van der Waals surface area contributed by atoms with E-state index in [9.17, 15) is 22.8 Å². The molecule has 0 aliphatic rings. The van der Waals surface area contributed by atoms with Crippen LogP contribution in [-0.2, 0) is 9.53 Å². The summed E-state index contributed by atoms with van der Waals surface area (Å²) < 4.78 is 64.0. The van der Waals surface area contributed by atoms with E-state index in [1.807, 2.05) is 13.8 Å². The second kappa shape index (κ2) is 10.1. The molecule has 0 unspecified atom stereocenters. The molecule has 0 spiro atoms. The summed E-state index contributed by atoms with van der Waals surface area (Å²) >= 11 is 0. The maximum atomic E-state index is 12.9. The molecular formula is C25H23F3O7. The number of hydrogen-bond donors (Lipinski definition) is 0. The normalized spacial score (nSPS) is 11.7. The topological polar surface area (TPSA) is 84.2 Å². The van der Waals surface area contributed by atoms with Crippen molar-refractivity contribution in [2.45, 2.75) is 20.2 Å². The fourth-order valence-corrected chi connectivity index (χ4v) is 3.08. The average Bonchev–Trinajstić information content (AvgIpc) is 2.80. The molecule has 0 amide bonds. The zero-order valence-electron chi connectivity index (χ0n) is 19.2. The number of esters is 1. The van der Waals surface area contributed by atoms with Crippen molar-refractivity contribution in [3.8, 4) is 28.4 Å². The Morgan fingerprint density at radius 3 is 2.40 bits per heavy atom. The first-order chi connectivity index (χ1) is 16.4. The van der Waals surface area contributed by atoms with Gasteiger partial charge in [0.25, 0.3) is 0 Å². The number of rotatable bonds is 9. The van der Waals surface area contributed by atoms with E-state index in [0.717, 1.165) is 12.1 Å². The summed E-state index contributed by atoms with van der Waals surface area (Å²) in [6.45, 7) is 7.31. The molecule has 1 aromatic heterocycles. The molecule has 0 aliphatic carbocycles. The van der Waals surface area contributed by atoms with Crippen LogP contribution >= 0.6 is 0 Å². The quantitative estimate of drug-likeness (QED) is 0.222. The molecule has 0 fully saturated rings. The molecule has 10 heteroatoms. The zero-order chi connectivity index (χ0) is 25.8. The van der Waals surface area contributed by atoms with Gasteiger partial charge in [-0.25, -0.2) is 9.59 Å². The number of carbonyl (C=O) groups excluding carboxylic acids is 1. The van der Waals surface area contributed by atoms with E-state index in [1.165, 1.54) is 31.4 Å². The molecule has 0 atom stereocenters. The van der Waals surface area contributed by atoms with Crippen LogP contribution in [0.5, 0.6) is 17.2 Å². The van der Waals surface area contributed by atoms with Crippen molar-refractivity contribution in [3.05, 3.63) is 65.5 Å². The van der Waals surface area contributed by atoms with Crippen LogP contribution in [0.4, 0.5) is 13.2 Å². The number of ether oxygens (including phenoxy) is 4. The van der Waals surface area contributed by atoms with Gasteiger partial charge in [0.15, 0.2) is 0 Å². The molecule has 2 aromatic carbocycles. The molecule has 0 aliphatic heterocycles. The molecule has 0 bridgehead atoms. The number of halogens is 3. The van der Waals surface area contributed by atoms with Gasteiger partial charge >= 0.3 is 18.0 Å². The Kier molecular flexibility index (Phi) is 7.42. The van der Waals surface area contributed by atoms with E-state index < -0.39 is 29.1 Å². The number of carbonyl (C=O) groups is 1. The number of hydrogen-bond acceptors (Lipinski definition) is 7. The molecule has 0 N–H and O–H groups in total. The van der Waals surface area contributed by atoms with Gasteiger partial charge in [-0.1, -0.05) is 20.4 Å². The maximum Gasteiger partial charge on any atom is 0.573 e. The number of fused-ring (bicyclic) bond motifs is 1. The van der Waals surface area contributed by atoms with E-state index in [4.69, 9.17) is 18.6 Å². The van der Waals surface area contributed by atoms with Crippen LogP contribution in [0, 0.1) is 5.41 Å². The third-order valence-corrected chi connectivity index (χ3v) is 4.81. The first-order valence-corrected chi connectivity index (χ1v) is 10.3. The van der Waals surface area contributed by atoms with Crippen LogP contribution in [0.3, 0.4) is 0 Å². The van der Waals surface area contributed by atoms with E-state index in [0.29, 0.717) is 11.1 Å². The minimum atomic E-state index is -4.97. The Hall–Kier alpha value is -3.95. The van der Waals surface area contributed by atoms with Crippen LogP contribution in [0.2, 0.25) is 0 Å². The number of methoxy groups -OCH3 is 1. The lowest BCUT2D eigenvalue weighted by Gasteiger charge is -2.24. The number of benzene rings is 2. The summed E-state index contributed by atoms with van der Waals surface area (Å²) in [5.41, 5.74) is -1.41. The molecule has 3 aromatic rings. The predicted molar refractivity (Wildman–Crippen MR) is 122 cm³/mol. The van der Waals surface area contributed by atoms with Gasteiger partial charge in [0, 0.05) is 34.6 Å². The van der Waals surface area contributed by atoms with Crippen LogP contribution in [-0.4, -0.2) is 32.7 Å². The molecule has 186 valence electrons. The Morgan fingerprint density at radius 1 is 1.03 bits per heavy atom. The summed E-state index contributed by atoms with van der Waals surface area (Å²) in [6, 6.07) is 9.87. The molecule has 0 saturated heterocycles. The molecule has 3 rings (SSSR count). The fraction of sp³-hybridized carbons (Fsp3) is 0.280. The van der Waals surface area contributed by atoms with Gasteiger partial charge < -0.3 is 23.4 Å². The Morgan fingerprint density at radius 2 is 1.74 bits per heavy atom. The van der Waals surface area contributed by atoms with E-state index >= 15 is 0 Å². The van der Waals surface area contributed by atoms with Crippen LogP contribution < -0.4 is 19.8 Å². The lowest BCUT2D eigenvalue weighted by Crippen LogP contribution is -2.28. The highest BCUT2D eigenvalue weighted by Crippen LogP contribution is 2.36. The van der Waals surface area contributed by atoms with Crippen LogP contribution in [0.25, 0.3) is 22.1 Å². The maximum absolute atomic E-state index is 12.9. The van der Waals surface area contributed by atoms with Crippen molar-refractivity contribution >= 4 is 16.9 Å². The van der Waals surface area contributed by atoms with E-state index in [-0.39, 0.29) is 35.7 Å². The lowest BCUT2D eigenvalue weighted by molar-refractivity contribution is -0.274. The van der Waals surface area contributed by atoms with E-state index in [1.54, 1.807) is 12.1 Å². The SMILES string of the molecule is C=CC(=O)OCC(C)(C)COc1ccc2cc(-c3ccc(OC)cc3OC(F)(F)F)c(=O)oc2c1. The largest absolute Gasteiger partial charge is 0.573 e. The number of alkyl halides is 3. The second-order valence-corrected chi connectivity index (χ2v) is 8.32. The highest BCUT2D eigenvalue weighted by Gasteiger charge is 2.33. The standard InChI is InChI=1S/C25H23F3O7/c1-5-22(29)33-14-24(2,3)13-32-17-7-6-15-10-19(23(30)34-20(15)12-17)18-9-8-16(31-4)11-21(18)35-25(26,27)28/h5-12H,1,13-14H2,2-4H3. The van der Waals surface area contributed by atoms with Crippen molar-refractivity contribution in [1.29, 1.82) is 0 Å². The fourth-order valence-electron chi connectivity index (χ4n) is 3.08. The summed E-state index contributed by atoms with van der Waals surface area (Å²) in [5, 5.41) is 0.458. The molecule has 7 nitrogen and oxygen atoms in total. The van der Waals surface area contributed by atoms with Crippen molar-refractivity contribution in [3.63, 3.8) is 0 Å². The summed E-state index contributed by atoms with van der Waals surface area (Å²) in [4.78, 5) is 23.9. The molecule has 35 heavy (non-hydrogen) atoms. The Labute approximate surface area is 198 Å². The smallest absolute Gasteiger partial charge is 0.497 e. The van der Waals surface area contributed by atoms with Gasteiger partial charge in [-0.2, -0.15) is 0 Å². The molecule has 1 heterocycles. The van der Waals surface area contributed by atoms with Crippen LogP contribution in [0.15, 0.2) is 64.3 Å². The third kappa shape index (κ3) is 6.78. The van der Waals surface area contributed by atoms with Crippen LogP contribution in [0.1, 0.15) is 13.8 Å². The zero-order valence-corrected chi connectivity index (χ0v) is 19.2. The minimum absolute atomic E-state index is 0.102. The second-order valence-electron chi connectivity index (χ2n) is 8.32. The van der Waals surface area contributed by atoms with Gasteiger partial charge in [-0.3, -0.25) is 0 Å². The van der Waals surface area contributed by atoms with E-state index in [2.05, 4.69) is 11.3 Å². The highest BCUT2D eigenvalue weighted by atomic mass is 19.4. The van der Waals surface area contributed by atoms with Crippen molar-refractivity contribution in [2.24, 2.45) is 5.41 Å². The predicted octanol–water partition coefficient (Wildman–Crippen LogP) is 5.50. The molecule has 0 radical (unpaired) electrons. The first-order valence-electron chi connectivity index (χ1n) is 10.3. The molecule has 0 saturated carbocycles. The van der Waals surface area contributed by atoms with Gasteiger partial charge in [-0.15, -0.1) is 13.2 Å². The summed E-state index contributed by atoms with van der Waals surface area (Å²) in [6.07, 6.45) is -3.90. The van der Waals surface area contributed by atoms with Gasteiger partial charge in [0.05, 0.1) is 25.9 Å². The van der Waals surface area contributed by atoms with Crippen molar-refractivity contribution in [1.82, 2.24) is 0 Å². The lowest BCUT2D eigenvalue weighted by atomic mass is 9.96. The van der Waals surface area contributed by atoms with Crippen molar-refractivity contribution in [2.75, 3.05) is 20.3 Å². The highest BCUT2D eigenvalue weighted by molar-refractivity contribution is 5.84. The van der Waals surface area contributed by atoms with Gasteiger partial charge in [0.1, 0.15) is 22.8 Å².